The summed E-state index contributed by atoms with van der Waals surface area (Å²) in [6, 6.07) is 4.77. The van der Waals surface area contributed by atoms with Crippen LogP contribution in [0.4, 0.5) is 27.6 Å². The van der Waals surface area contributed by atoms with Crippen LogP contribution < -0.4 is 5.32 Å². The summed E-state index contributed by atoms with van der Waals surface area (Å²) in [4.78, 5) is 15.7. The number of hydrogen-bond donors (Lipinski definition) is 1. The van der Waals surface area contributed by atoms with Gasteiger partial charge < -0.3 is 5.32 Å². The highest BCUT2D eigenvalue weighted by Gasteiger charge is 2.38. The quantitative estimate of drug-likeness (QED) is 0.666. The van der Waals surface area contributed by atoms with Crippen molar-refractivity contribution in [1.29, 1.82) is 0 Å². The molecule has 0 saturated carbocycles. The van der Waals surface area contributed by atoms with Gasteiger partial charge in [0.1, 0.15) is 11.6 Å². The molecule has 0 spiro atoms. The molecular formula is C15H7F5N2OS. The number of hydrogen-bond acceptors (Lipinski definition) is 3. The summed E-state index contributed by atoms with van der Waals surface area (Å²) in [5.74, 6) is -3.15. The number of nitrogens with one attached hydrogen (secondary N) is 1. The van der Waals surface area contributed by atoms with Crippen molar-refractivity contribution in [1.82, 2.24) is 4.98 Å². The zero-order valence-electron chi connectivity index (χ0n) is 11.6. The van der Waals surface area contributed by atoms with Gasteiger partial charge in [-0.1, -0.05) is 0 Å². The molecular weight excluding hydrogens is 351 g/mol. The summed E-state index contributed by atoms with van der Waals surface area (Å²) in [6.45, 7) is 0. The van der Waals surface area contributed by atoms with Crippen molar-refractivity contribution in [2.75, 3.05) is 5.32 Å². The summed E-state index contributed by atoms with van der Waals surface area (Å²) in [5.41, 5.74) is -2.42. The number of rotatable bonds is 2. The first-order chi connectivity index (χ1) is 11.3. The number of carbonyl (C=O) groups excluding carboxylic acids is 1. The van der Waals surface area contributed by atoms with Crippen LogP contribution in [0.1, 0.15) is 16.1 Å². The Morgan fingerprint density at radius 2 is 1.88 bits per heavy atom. The third kappa shape index (κ3) is 3.07. The van der Waals surface area contributed by atoms with Gasteiger partial charge in [-0.05, 0) is 29.6 Å². The maximum absolute atomic E-state index is 13.6. The molecule has 24 heavy (non-hydrogen) atoms. The summed E-state index contributed by atoms with van der Waals surface area (Å²) < 4.78 is 66.3. The van der Waals surface area contributed by atoms with Gasteiger partial charge in [0.15, 0.2) is 5.69 Å². The van der Waals surface area contributed by atoms with Crippen molar-refractivity contribution in [2.45, 2.75) is 6.18 Å². The zero-order valence-corrected chi connectivity index (χ0v) is 12.4. The lowest BCUT2D eigenvalue weighted by atomic mass is 10.1. The van der Waals surface area contributed by atoms with Crippen molar-refractivity contribution in [3.63, 3.8) is 0 Å². The molecule has 0 aliphatic carbocycles. The predicted octanol–water partition coefficient (Wildman–Crippen LogP) is 4.85. The molecule has 9 heteroatoms. The molecule has 0 radical (unpaired) electrons. The topological polar surface area (TPSA) is 42.0 Å². The molecule has 3 rings (SSSR count). The first-order valence-electron chi connectivity index (χ1n) is 6.47. The van der Waals surface area contributed by atoms with E-state index >= 15 is 0 Å². The van der Waals surface area contributed by atoms with E-state index in [2.05, 4.69) is 4.98 Å². The number of aromatic nitrogens is 1. The normalized spacial score (nSPS) is 11.7. The molecule has 2 aromatic heterocycles. The molecule has 0 aliphatic heterocycles. The molecule has 3 nitrogen and oxygen atoms in total. The molecule has 2 heterocycles. The lowest BCUT2D eigenvalue weighted by Gasteiger charge is -2.12. The van der Waals surface area contributed by atoms with Crippen LogP contribution >= 0.6 is 11.3 Å². The van der Waals surface area contributed by atoms with E-state index in [1.807, 2.05) is 5.32 Å². The third-order valence-corrected chi connectivity index (χ3v) is 3.98. The van der Waals surface area contributed by atoms with Crippen molar-refractivity contribution >= 4 is 33.1 Å². The van der Waals surface area contributed by atoms with E-state index in [1.54, 1.807) is 5.38 Å². The second kappa shape index (κ2) is 5.82. The lowest BCUT2D eigenvalue weighted by Crippen LogP contribution is -2.20. The number of benzene rings is 1. The van der Waals surface area contributed by atoms with Gasteiger partial charge in [0, 0.05) is 6.07 Å². The van der Waals surface area contributed by atoms with Crippen molar-refractivity contribution in [3.05, 3.63) is 58.6 Å². The van der Waals surface area contributed by atoms with E-state index in [0.29, 0.717) is 10.8 Å². The monoisotopic (exact) mass is 358 g/mol. The highest BCUT2D eigenvalue weighted by molar-refractivity contribution is 7.17. The molecule has 3 aromatic rings. The number of pyridine rings is 1. The third-order valence-electron chi connectivity index (χ3n) is 3.13. The molecule has 0 aliphatic rings. The molecule has 0 fully saturated rings. The van der Waals surface area contributed by atoms with Gasteiger partial charge in [0.25, 0.3) is 5.91 Å². The van der Waals surface area contributed by atoms with Crippen LogP contribution in [0.15, 0.2) is 35.7 Å². The van der Waals surface area contributed by atoms with Crippen LogP contribution in [0.5, 0.6) is 0 Å². The first-order valence-corrected chi connectivity index (χ1v) is 7.35. The molecule has 0 unspecified atom stereocenters. The molecule has 0 bridgehead atoms. The van der Waals surface area contributed by atoms with E-state index in [1.165, 1.54) is 6.07 Å². The Kier molecular flexibility index (Phi) is 3.96. The van der Waals surface area contributed by atoms with Gasteiger partial charge in [-0.2, -0.15) is 13.2 Å². The number of halogens is 5. The Bertz CT molecular complexity index is 935. The van der Waals surface area contributed by atoms with E-state index in [0.717, 1.165) is 29.5 Å². The Morgan fingerprint density at radius 1 is 1.12 bits per heavy atom. The van der Waals surface area contributed by atoms with Gasteiger partial charge in [-0.3, -0.25) is 4.79 Å². The fourth-order valence-electron chi connectivity index (χ4n) is 2.06. The summed E-state index contributed by atoms with van der Waals surface area (Å²) in [7, 11) is 0. The Hall–Kier alpha value is -2.55. The van der Waals surface area contributed by atoms with E-state index in [-0.39, 0.29) is 5.52 Å². The fraction of sp³-hybridized carbons (Fsp3) is 0.0667. The fourth-order valence-corrected chi connectivity index (χ4v) is 2.83. The van der Waals surface area contributed by atoms with E-state index in [4.69, 9.17) is 0 Å². The Balaban J connectivity index is 2.05. The second-order valence-electron chi connectivity index (χ2n) is 4.76. The molecule has 0 atom stereocenters. The summed E-state index contributed by atoms with van der Waals surface area (Å²) >= 11 is 1.12. The second-order valence-corrected chi connectivity index (χ2v) is 5.71. The highest BCUT2D eigenvalue weighted by atomic mass is 32.1. The number of anilines is 1. The molecule has 124 valence electrons. The molecule has 1 aromatic carbocycles. The minimum Gasteiger partial charge on any atom is -0.319 e. The largest absolute Gasteiger partial charge is 0.434 e. The summed E-state index contributed by atoms with van der Waals surface area (Å²) in [6.07, 6.45) is -4.86. The van der Waals surface area contributed by atoms with Crippen LogP contribution in [0.3, 0.4) is 0 Å². The average molecular weight is 358 g/mol. The minimum absolute atomic E-state index is 0.108. The number of thiophene rings is 1. The number of nitrogens with zero attached hydrogens (tertiary/aromatic N) is 1. The van der Waals surface area contributed by atoms with Crippen molar-refractivity contribution < 1.29 is 26.7 Å². The maximum Gasteiger partial charge on any atom is 0.434 e. The standard InChI is InChI=1S/C15H7F5N2OS/c16-7-1-2-10(9(17)5-7)22-14(23)8-6-12-11(3-4-24-12)21-13(8)15(18,19)20/h1-6H,(H,22,23). The van der Waals surface area contributed by atoms with Crippen LogP contribution in [-0.2, 0) is 6.18 Å². The van der Waals surface area contributed by atoms with Gasteiger partial charge in [0.2, 0.25) is 0 Å². The van der Waals surface area contributed by atoms with Crippen molar-refractivity contribution in [3.8, 4) is 0 Å². The van der Waals surface area contributed by atoms with Crippen molar-refractivity contribution in [2.24, 2.45) is 0 Å². The Morgan fingerprint density at radius 3 is 2.54 bits per heavy atom. The molecule has 1 N–H and O–H groups in total. The first kappa shape index (κ1) is 16.3. The van der Waals surface area contributed by atoms with Crippen LogP contribution in [-0.4, -0.2) is 10.9 Å². The average Bonchev–Trinajstić information content (AvgIpc) is 2.95. The van der Waals surface area contributed by atoms with Gasteiger partial charge in [0.05, 0.1) is 21.5 Å². The Labute approximate surface area is 135 Å². The van der Waals surface area contributed by atoms with Gasteiger partial charge in [-0.15, -0.1) is 11.3 Å². The van der Waals surface area contributed by atoms with Gasteiger partial charge >= 0.3 is 6.18 Å². The van der Waals surface area contributed by atoms with Crippen LogP contribution in [0.2, 0.25) is 0 Å². The maximum atomic E-state index is 13.6. The molecule has 0 saturated heterocycles. The summed E-state index contributed by atoms with van der Waals surface area (Å²) in [5, 5.41) is 3.55. The van der Waals surface area contributed by atoms with E-state index in [9.17, 15) is 26.7 Å². The van der Waals surface area contributed by atoms with Crippen LogP contribution in [0, 0.1) is 11.6 Å². The number of fused-ring (bicyclic) bond motifs is 1. The number of amides is 1. The number of alkyl halides is 3. The SMILES string of the molecule is O=C(Nc1ccc(F)cc1F)c1cc2sccc2nc1C(F)(F)F. The molecule has 1 amide bonds. The minimum atomic E-state index is -4.86. The van der Waals surface area contributed by atoms with E-state index < -0.39 is 40.7 Å². The lowest BCUT2D eigenvalue weighted by molar-refractivity contribution is -0.141. The van der Waals surface area contributed by atoms with Crippen LogP contribution in [0.25, 0.3) is 10.2 Å². The number of carbonyl (C=O) groups is 1. The zero-order chi connectivity index (χ0) is 17.5. The van der Waals surface area contributed by atoms with Gasteiger partial charge in [-0.25, -0.2) is 13.8 Å². The smallest absolute Gasteiger partial charge is 0.319 e. The highest BCUT2D eigenvalue weighted by Crippen LogP contribution is 2.34. The predicted molar refractivity (Wildman–Crippen MR) is 78.9 cm³/mol.